The van der Waals surface area contributed by atoms with Gasteiger partial charge in [-0.2, -0.15) is 0 Å². The smallest absolute Gasteiger partial charge is 0.170 e. The number of hydrogen-bond acceptors (Lipinski definition) is 3. The molecule has 0 aliphatic carbocycles. The van der Waals surface area contributed by atoms with E-state index in [-0.39, 0.29) is 12.4 Å². The number of oxime groups is 1. The molecule has 0 bridgehead atoms. The largest absolute Gasteiger partial charge is 0.489 e. The molecule has 2 rings (SSSR count). The minimum Gasteiger partial charge on any atom is -0.489 e. The first-order valence-corrected chi connectivity index (χ1v) is 6.06. The van der Waals surface area contributed by atoms with Crippen LogP contribution in [0.15, 0.2) is 47.6 Å². The van der Waals surface area contributed by atoms with Crippen LogP contribution in [-0.4, -0.2) is 11.0 Å². The van der Waals surface area contributed by atoms with Crippen molar-refractivity contribution >= 4 is 5.84 Å². The quantitative estimate of drug-likeness (QED) is 0.390. The van der Waals surface area contributed by atoms with Crippen LogP contribution in [0.1, 0.15) is 16.7 Å². The molecule has 3 N–H and O–H groups in total. The molecule has 0 spiro atoms. The molecule has 5 heteroatoms. The lowest BCUT2D eigenvalue weighted by molar-refractivity contribution is 0.303. The van der Waals surface area contributed by atoms with Crippen molar-refractivity contribution < 1.29 is 14.3 Å². The second-order valence-electron chi connectivity index (χ2n) is 4.34. The van der Waals surface area contributed by atoms with E-state index in [1.165, 1.54) is 12.1 Å². The zero-order valence-electron chi connectivity index (χ0n) is 11.0. The number of para-hydroxylation sites is 1. The van der Waals surface area contributed by atoms with Gasteiger partial charge in [-0.25, -0.2) is 4.39 Å². The van der Waals surface area contributed by atoms with Crippen LogP contribution in [0, 0.1) is 12.7 Å². The van der Waals surface area contributed by atoms with Crippen molar-refractivity contribution in [2.75, 3.05) is 0 Å². The van der Waals surface area contributed by atoms with Crippen molar-refractivity contribution in [2.45, 2.75) is 13.5 Å². The molecular formula is C15H15FN2O2. The second-order valence-corrected chi connectivity index (χ2v) is 4.34. The number of hydrogen-bond donors (Lipinski definition) is 2. The van der Waals surface area contributed by atoms with Crippen molar-refractivity contribution in [2.24, 2.45) is 10.9 Å². The number of amidine groups is 1. The van der Waals surface area contributed by atoms with Gasteiger partial charge in [0.1, 0.15) is 18.2 Å². The van der Waals surface area contributed by atoms with Crippen LogP contribution in [0.3, 0.4) is 0 Å². The van der Waals surface area contributed by atoms with Crippen molar-refractivity contribution in [1.82, 2.24) is 0 Å². The predicted octanol–water partition coefficient (Wildman–Crippen LogP) is 2.81. The van der Waals surface area contributed by atoms with E-state index < -0.39 is 5.82 Å². The van der Waals surface area contributed by atoms with Crippen LogP contribution in [0.2, 0.25) is 0 Å². The summed E-state index contributed by atoms with van der Waals surface area (Å²) in [5.74, 6) is 0.140. The molecule has 0 heterocycles. The number of halogens is 1. The number of ether oxygens (including phenoxy) is 1. The van der Waals surface area contributed by atoms with E-state index in [1.807, 2.05) is 31.2 Å². The van der Waals surface area contributed by atoms with E-state index in [0.29, 0.717) is 11.1 Å². The molecule has 0 aliphatic heterocycles. The summed E-state index contributed by atoms with van der Waals surface area (Å²) >= 11 is 0. The average molecular weight is 274 g/mol. The van der Waals surface area contributed by atoms with Crippen molar-refractivity contribution in [3.05, 3.63) is 65.0 Å². The normalized spacial score (nSPS) is 11.4. The van der Waals surface area contributed by atoms with E-state index in [1.54, 1.807) is 6.07 Å². The lowest BCUT2D eigenvalue weighted by Gasteiger charge is -2.12. The van der Waals surface area contributed by atoms with E-state index in [9.17, 15) is 4.39 Å². The summed E-state index contributed by atoms with van der Waals surface area (Å²) in [6, 6.07) is 11.7. The Morgan fingerprint density at radius 3 is 2.75 bits per heavy atom. The summed E-state index contributed by atoms with van der Waals surface area (Å²) in [6.45, 7) is 2.14. The molecule has 0 saturated heterocycles. The molecule has 0 unspecified atom stereocenters. The minimum absolute atomic E-state index is 0.145. The Balaban J connectivity index is 2.24. The molecule has 0 amide bonds. The summed E-state index contributed by atoms with van der Waals surface area (Å²) in [5.41, 5.74) is 7.50. The lowest BCUT2D eigenvalue weighted by Crippen LogP contribution is -2.17. The van der Waals surface area contributed by atoms with E-state index in [2.05, 4.69) is 5.16 Å². The zero-order chi connectivity index (χ0) is 14.5. The maximum absolute atomic E-state index is 13.2. The van der Waals surface area contributed by atoms with E-state index in [4.69, 9.17) is 15.7 Å². The SMILES string of the molecule is Cc1ccccc1OCc1ccc(F)cc1C(N)=NO. The summed E-state index contributed by atoms with van der Waals surface area (Å²) < 4.78 is 18.9. The molecule has 0 aromatic heterocycles. The Hall–Kier alpha value is -2.56. The van der Waals surface area contributed by atoms with E-state index in [0.717, 1.165) is 11.3 Å². The van der Waals surface area contributed by atoms with Gasteiger partial charge in [0.05, 0.1) is 0 Å². The van der Waals surface area contributed by atoms with Crippen LogP contribution < -0.4 is 10.5 Å². The Labute approximate surface area is 116 Å². The molecular weight excluding hydrogens is 259 g/mol. The standard InChI is InChI=1S/C15H15FN2O2/c1-10-4-2-3-5-14(10)20-9-11-6-7-12(16)8-13(11)15(17)18-19/h2-8,19H,9H2,1H3,(H2,17,18). The van der Waals surface area contributed by atoms with E-state index >= 15 is 0 Å². The Morgan fingerprint density at radius 1 is 1.30 bits per heavy atom. The van der Waals surface area contributed by atoms with Crippen LogP contribution in [0.4, 0.5) is 4.39 Å². The zero-order valence-corrected chi connectivity index (χ0v) is 11.0. The third kappa shape index (κ3) is 3.06. The molecule has 4 nitrogen and oxygen atoms in total. The molecule has 2 aromatic rings. The predicted molar refractivity (Wildman–Crippen MR) is 74.4 cm³/mol. The first-order valence-electron chi connectivity index (χ1n) is 6.06. The first-order chi connectivity index (χ1) is 9.61. The van der Waals surface area contributed by atoms with Gasteiger partial charge in [-0.1, -0.05) is 29.4 Å². The molecule has 0 aliphatic rings. The monoisotopic (exact) mass is 274 g/mol. The Morgan fingerprint density at radius 2 is 2.05 bits per heavy atom. The van der Waals surface area contributed by atoms with Crippen LogP contribution in [-0.2, 0) is 6.61 Å². The Bertz CT molecular complexity index is 642. The highest BCUT2D eigenvalue weighted by Gasteiger charge is 2.10. The molecule has 20 heavy (non-hydrogen) atoms. The van der Waals surface area contributed by atoms with Gasteiger partial charge < -0.3 is 15.7 Å². The fraction of sp³-hybridized carbons (Fsp3) is 0.133. The van der Waals surface area contributed by atoms with Crippen LogP contribution >= 0.6 is 0 Å². The third-order valence-corrected chi connectivity index (χ3v) is 2.93. The number of aryl methyl sites for hydroxylation is 1. The fourth-order valence-corrected chi connectivity index (χ4v) is 1.84. The van der Waals surface area contributed by atoms with Gasteiger partial charge in [-0.3, -0.25) is 0 Å². The molecule has 0 radical (unpaired) electrons. The highest BCUT2D eigenvalue weighted by Crippen LogP contribution is 2.19. The van der Waals surface area contributed by atoms with Gasteiger partial charge in [0, 0.05) is 11.1 Å². The van der Waals surface area contributed by atoms with Crippen molar-refractivity contribution in [3.63, 3.8) is 0 Å². The highest BCUT2D eigenvalue weighted by atomic mass is 19.1. The summed E-state index contributed by atoms with van der Waals surface area (Å²) in [5, 5.41) is 11.6. The number of nitrogens with zero attached hydrogens (tertiary/aromatic N) is 1. The summed E-state index contributed by atoms with van der Waals surface area (Å²) in [4.78, 5) is 0. The molecule has 104 valence electrons. The van der Waals surface area contributed by atoms with Gasteiger partial charge in [0.2, 0.25) is 0 Å². The van der Waals surface area contributed by atoms with Gasteiger partial charge in [0.15, 0.2) is 5.84 Å². The maximum atomic E-state index is 13.2. The molecule has 0 saturated carbocycles. The third-order valence-electron chi connectivity index (χ3n) is 2.93. The minimum atomic E-state index is -0.453. The highest BCUT2D eigenvalue weighted by molar-refractivity contribution is 5.98. The van der Waals surface area contributed by atoms with Gasteiger partial charge >= 0.3 is 0 Å². The molecule has 2 aromatic carbocycles. The number of benzene rings is 2. The molecule has 0 fully saturated rings. The van der Waals surface area contributed by atoms with Gasteiger partial charge in [0.25, 0.3) is 0 Å². The number of nitrogens with two attached hydrogens (primary N) is 1. The van der Waals surface area contributed by atoms with Gasteiger partial charge in [-0.05, 0) is 30.7 Å². The summed E-state index contributed by atoms with van der Waals surface area (Å²) in [7, 11) is 0. The fourth-order valence-electron chi connectivity index (χ4n) is 1.84. The lowest BCUT2D eigenvalue weighted by atomic mass is 10.1. The van der Waals surface area contributed by atoms with Crippen molar-refractivity contribution in [1.29, 1.82) is 0 Å². The summed E-state index contributed by atoms with van der Waals surface area (Å²) in [6.07, 6.45) is 0. The van der Waals surface area contributed by atoms with Crippen LogP contribution in [0.25, 0.3) is 0 Å². The topological polar surface area (TPSA) is 67.8 Å². The van der Waals surface area contributed by atoms with Crippen LogP contribution in [0.5, 0.6) is 5.75 Å². The Kier molecular flexibility index (Phi) is 4.20. The first kappa shape index (κ1) is 13.9. The van der Waals surface area contributed by atoms with Gasteiger partial charge in [-0.15, -0.1) is 0 Å². The second kappa shape index (κ2) is 6.06. The van der Waals surface area contributed by atoms with Crippen molar-refractivity contribution in [3.8, 4) is 5.75 Å². The maximum Gasteiger partial charge on any atom is 0.170 e. The number of rotatable bonds is 4. The molecule has 0 atom stereocenters. The average Bonchev–Trinajstić information content (AvgIpc) is 2.46.